The first-order valence-electron chi connectivity index (χ1n) is 5.29. The molecule has 18 heavy (non-hydrogen) atoms. The van der Waals surface area contributed by atoms with E-state index < -0.39 is 31.1 Å². The molecule has 10 nitrogen and oxygen atoms in total. The Morgan fingerprint density at radius 3 is 2.83 bits per heavy atom. The van der Waals surface area contributed by atoms with Crippen molar-refractivity contribution in [3.8, 4) is 0 Å². The van der Waals surface area contributed by atoms with E-state index in [0.717, 1.165) is 0 Å². The monoisotopic (exact) mass is 256 g/mol. The summed E-state index contributed by atoms with van der Waals surface area (Å²) in [6, 6.07) is 0. The lowest BCUT2D eigenvalue weighted by Crippen LogP contribution is -2.33. The van der Waals surface area contributed by atoms with Gasteiger partial charge in [-0.3, -0.25) is 0 Å². The molecule has 98 valence electrons. The van der Waals surface area contributed by atoms with Crippen molar-refractivity contribution in [2.75, 3.05) is 12.3 Å². The van der Waals surface area contributed by atoms with Gasteiger partial charge in [-0.05, 0) is 0 Å². The summed E-state index contributed by atoms with van der Waals surface area (Å²) in [6.45, 7) is -0.408. The molecule has 0 aromatic carbocycles. The summed E-state index contributed by atoms with van der Waals surface area (Å²) in [5.74, 6) is 0.363. The third-order valence-electron chi connectivity index (χ3n) is 2.92. The highest BCUT2D eigenvalue weighted by atomic mass is 16.6. The van der Waals surface area contributed by atoms with E-state index in [2.05, 4.69) is 15.2 Å². The van der Waals surface area contributed by atoms with Crippen molar-refractivity contribution >= 4 is 11.7 Å². The molecule has 0 radical (unpaired) electrons. The molecule has 5 N–H and O–H groups in total. The second-order valence-corrected chi connectivity index (χ2v) is 4.00. The fraction of sp³-hybridized carbons (Fsp3) is 0.625. The molecule has 1 fully saturated rings. The molecule has 0 amide bonds. The number of aliphatic hydroxyl groups is 3. The normalized spacial score (nSPS) is 32.4. The fourth-order valence-electron chi connectivity index (χ4n) is 2.00. The fourth-order valence-corrected chi connectivity index (χ4v) is 2.00. The first-order valence-corrected chi connectivity index (χ1v) is 5.29. The van der Waals surface area contributed by atoms with Crippen LogP contribution in [0.5, 0.6) is 0 Å². The summed E-state index contributed by atoms with van der Waals surface area (Å²) in [5, 5.41) is 36.3. The van der Waals surface area contributed by atoms with E-state index in [4.69, 9.17) is 15.6 Å². The average Bonchev–Trinajstić information content (AvgIpc) is 3.00. The maximum atomic E-state index is 9.87. The van der Waals surface area contributed by atoms with E-state index in [0.29, 0.717) is 0 Å². The van der Waals surface area contributed by atoms with E-state index >= 15 is 0 Å². The first kappa shape index (κ1) is 11.3. The van der Waals surface area contributed by atoms with E-state index in [9.17, 15) is 10.2 Å². The smallest absolute Gasteiger partial charge is 0.254 e. The molecule has 0 aliphatic carbocycles. The molecular formula is C8H12N6O4. The van der Waals surface area contributed by atoms with Gasteiger partial charge in [0.2, 0.25) is 5.95 Å². The Kier molecular flexibility index (Phi) is 2.45. The number of hydrogen-bond acceptors (Lipinski definition) is 8. The van der Waals surface area contributed by atoms with Gasteiger partial charge < -0.3 is 25.8 Å². The van der Waals surface area contributed by atoms with Gasteiger partial charge >= 0.3 is 0 Å². The van der Waals surface area contributed by atoms with Crippen LogP contribution in [0.4, 0.5) is 5.95 Å². The van der Waals surface area contributed by atoms with Crippen LogP contribution < -0.4 is 5.73 Å². The topological polar surface area (TPSA) is 144 Å². The van der Waals surface area contributed by atoms with Crippen molar-refractivity contribution in [2.45, 2.75) is 24.5 Å². The lowest BCUT2D eigenvalue weighted by molar-refractivity contribution is -0.0566. The zero-order valence-corrected chi connectivity index (χ0v) is 9.16. The van der Waals surface area contributed by atoms with Crippen LogP contribution in [0.1, 0.15) is 6.23 Å². The second kappa shape index (κ2) is 3.88. The predicted octanol–water partition coefficient (Wildman–Crippen LogP) is -2.88. The van der Waals surface area contributed by atoms with Gasteiger partial charge in [0.25, 0.3) is 5.78 Å². The molecule has 10 heteroatoms. The summed E-state index contributed by atoms with van der Waals surface area (Å²) in [4.78, 5) is 3.93. The van der Waals surface area contributed by atoms with Crippen molar-refractivity contribution in [2.24, 2.45) is 0 Å². The molecule has 1 aliphatic rings. The van der Waals surface area contributed by atoms with Gasteiger partial charge in [-0.25, -0.2) is 0 Å². The number of ether oxygens (including phenoxy) is 1. The molecule has 0 saturated carbocycles. The van der Waals surface area contributed by atoms with Crippen molar-refractivity contribution in [1.29, 1.82) is 0 Å². The van der Waals surface area contributed by atoms with Crippen LogP contribution >= 0.6 is 0 Å². The summed E-state index contributed by atoms with van der Waals surface area (Å²) >= 11 is 0. The van der Waals surface area contributed by atoms with E-state index in [1.54, 1.807) is 0 Å². The lowest BCUT2D eigenvalue weighted by Gasteiger charge is -2.14. The number of nitrogens with two attached hydrogens (primary N) is 1. The summed E-state index contributed by atoms with van der Waals surface area (Å²) in [7, 11) is 0. The SMILES string of the molecule is Nc1nn([C@@H]2O[C@@H](CO)[C@H](O)[C@@H]2O)c2ncnn12. The summed E-state index contributed by atoms with van der Waals surface area (Å²) in [6.07, 6.45) is -3.00. The maximum Gasteiger partial charge on any atom is 0.254 e. The van der Waals surface area contributed by atoms with Crippen LogP contribution in [0.3, 0.4) is 0 Å². The molecular weight excluding hydrogens is 244 g/mol. The van der Waals surface area contributed by atoms with Crippen molar-refractivity contribution < 1.29 is 20.1 Å². The summed E-state index contributed by atoms with van der Waals surface area (Å²) in [5.41, 5.74) is 5.62. The highest BCUT2D eigenvalue weighted by Gasteiger charge is 2.44. The number of aliphatic hydroxyl groups excluding tert-OH is 3. The molecule has 4 atom stereocenters. The number of aromatic nitrogens is 5. The van der Waals surface area contributed by atoms with Crippen LogP contribution in [-0.4, -0.2) is 64.6 Å². The Hall–Kier alpha value is -1.75. The van der Waals surface area contributed by atoms with Crippen LogP contribution in [0.2, 0.25) is 0 Å². The van der Waals surface area contributed by atoms with Gasteiger partial charge in [0, 0.05) is 0 Å². The minimum absolute atomic E-state index is 0.0836. The third kappa shape index (κ3) is 1.40. The first-order chi connectivity index (χ1) is 8.63. The molecule has 1 aliphatic heterocycles. The van der Waals surface area contributed by atoms with Gasteiger partial charge in [0.05, 0.1) is 6.61 Å². The largest absolute Gasteiger partial charge is 0.394 e. The second-order valence-electron chi connectivity index (χ2n) is 4.00. The van der Waals surface area contributed by atoms with Gasteiger partial charge in [-0.1, -0.05) is 0 Å². The van der Waals surface area contributed by atoms with Crippen LogP contribution in [0.25, 0.3) is 5.78 Å². The Morgan fingerprint density at radius 1 is 1.39 bits per heavy atom. The number of anilines is 1. The van der Waals surface area contributed by atoms with Crippen molar-refractivity contribution in [3.05, 3.63) is 6.33 Å². The molecule has 0 spiro atoms. The van der Waals surface area contributed by atoms with Crippen LogP contribution in [-0.2, 0) is 4.74 Å². The van der Waals surface area contributed by atoms with E-state index in [1.807, 2.05) is 0 Å². The van der Waals surface area contributed by atoms with Gasteiger partial charge in [-0.15, -0.1) is 5.10 Å². The lowest BCUT2D eigenvalue weighted by atomic mass is 10.1. The van der Waals surface area contributed by atoms with Crippen LogP contribution in [0, 0.1) is 0 Å². The van der Waals surface area contributed by atoms with Gasteiger partial charge in [0.1, 0.15) is 24.6 Å². The minimum atomic E-state index is -1.23. The van der Waals surface area contributed by atoms with Gasteiger partial charge in [-0.2, -0.15) is 19.3 Å². The number of nitrogen functional groups attached to an aromatic ring is 1. The summed E-state index contributed by atoms with van der Waals surface area (Å²) < 4.78 is 7.83. The maximum absolute atomic E-state index is 9.87. The van der Waals surface area contributed by atoms with E-state index in [-0.39, 0.29) is 11.7 Å². The Balaban J connectivity index is 2.02. The number of rotatable bonds is 2. The minimum Gasteiger partial charge on any atom is -0.394 e. The quantitative estimate of drug-likeness (QED) is 0.448. The highest BCUT2D eigenvalue weighted by molar-refractivity contribution is 5.35. The third-order valence-corrected chi connectivity index (χ3v) is 2.92. The average molecular weight is 256 g/mol. The number of hydrogen-bond donors (Lipinski definition) is 4. The number of fused-ring (bicyclic) bond motifs is 1. The Bertz CT molecular complexity index is 567. The molecule has 3 rings (SSSR count). The zero-order valence-electron chi connectivity index (χ0n) is 9.16. The van der Waals surface area contributed by atoms with Gasteiger partial charge in [0.15, 0.2) is 6.23 Å². The molecule has 1 saturated heterocycles. The highest BCUT2D eigenvalue weighted by Crippen LogP contribution is 2.30. The molecule has 2 aromatic heterocycles. The zero-order chi connectivity index (χ0) is 12.9. The molecule has 2 aromatic rings. The molecule has 0 bridgehead atoms. The van der Waals surface area contributed by atoms with E-state index in [1.165, 1.54) is 15.5 Å². The van der Waals surface area contributed by atoms with Crippen molar-refractivity contribution in [1.82, 2.24) is 24.4 Å². The van der Waals surface area contributed by atoms with Crippen LogP contribution in [0.15, 0.2) is 6.33 Å². The standard InChI is InChI=1S/C8H12N6O4/c9-7-12-13(8-10-2-11-14(7)8)6-5(17)4(16)3(1-15)18-6/h2-6,15-17H,1H2,(H2,9,12)/t3-,4-,5-,6+/m0/s1. The predicted molar refractivity (Wildman–Crippen MR) is 56.2 cm³/mol. The molecule has 0 unspecified atom stereocenters. The Labute approximate surface area is 100 Å². The van der Waals surface area contributed by atoms with Crippen molar-refractivity contribution in [3.63, 3.8) is 0 Å². The molecule has 3 heterocycles. The number of nitrogens with zero attached hydrogens (tertiary/aromatic N) is 5. The Morgan fingerprint density at radius 2 is 2.17 bits per heavy atom.